The molecule has 0 unspecified atom stereocenters. The van der Waals surface area contributed by atoms with Gasteiger partial charge in [-0.05, 0) is 42.7 Å². The lowest BCUT2D eigenvalue weighted by molar-refractivity contribution is -0.139. The van der Waals surface area contributed by atoms with Gasteiger partial charge in [-0.1, -0.05) is 23.7 Å². The molecule has 4 rings (SSSR count). The lowest BCUT2D eigenvalue weighted by atomic mass is 10.0. The molecule has 5 N–H and O–H groups in total. The molecule has 2 aromatic heterocycles. The molecule has 200 valence electrons. The number of piperidine rings is 1. The molecule has 1 saturated heterocycles. The van der Waals surface area contributed by atoms with E-state index in [1.165, 1.54) is 0 Å². The van der Waals surface area contributed by atoms with Gasteiger partial charge in [0.25, 0.3) is 0 Å². The first-order valence-electron chi connectivity index (χ1n) is 11.7. The normalized spacial score (nSPS) is 13.6. The van der Waals surface area contributed by atoms with Gasteiger partial charge in [0.1, 0.15) is 10.8 Å². The van der Waals surface area contributed by atoms with Crippen LogP contribution in [0.25, 0.3) is 10.4 Å². The number of aromatic carboxylic acids is 1. The second-order valence-electron chi connectivity index (χ2n) is 8.49. The fourth-order valence-corrected chi connectivity index (χ4v) is 5.47. The lowest BCUT2D eigenvalue weighted by Crippen LogP contribution is -2.39. The first-order valence-corrected chi connectivity index (χ1v) is 12.9. The Balaban J connectivity index is 1.40. The third kappa shape index (κ3) is 6.45. The number of nitrogens with one attached hydrogen (secondary N) is 3. The summed E-state index contributed by atoms with van der Waals surface area (Å²) in [4.78, 5) is 41.0. The maximum atomic E-state index is 11.7. The van der Waals surface area contributed by atoms with Gasteiger partial charge in [-0.15, -0.1) is 11.3 Å². The fraction of sp³-hybridized carbons (Fsp3) is 0.280. The summed E-state index contributed by atoms with van der Waals surface area (Å²) < 4.78 is 5.17. The molecule has 1 aliphatic rings. The Morgan fingerprint density at radius 2 is 1.92 bits per heavy atom. The van der Waals surface area contributed by atoms with Crippen molar-refractivity contribution in [1.82, 2.24) is 10.3 Å². The molecule has 0 atom stereocenters. The van der Waals surface area contributed by atoms with Crippen LogP contribution < -0.4 is 25.6 Å². The quantitative estimate of drug-likeness (QED) is 0.256. The van der Waals surface area contributed by atoms with E-state index in [9.17, 15) is 19.5 Å². The van der Waals surface area contributed by atoms with E-state index in [1.54, 1.807) is 13.2 Å². The second-order valence-corrected chi connectivity index (χ2v) is 9.89. The number of aliphatic carboxylic acids is 1. The average Bonchev–Trinajstić information content (AvgIpc) is 3.25. The van der Waals surface area contributed by atoms with Gasteiger partial charge in [0.2, 0.25) is 0 Å². The summed E-state index contributed by atoms with van der Waals surface area (Å²) in [5.41, 5.74) is 2.18. The average molecular weight is 560 g/mol. The molecule has 2 amide bonds. The number of benzene rings is 1. The van der Waals surface area contributed by atoms with E-state index in [1.807, 2.05) is 36.4 Å². The Bertz CT molecular complexity index is 1320. The molecule has 1 aliphatic heterocycles. The zero-order chi connectivity index (χ0) is 27.2. The summed E-state index contributed by atoms with van der Waals surface area (Å²) in [5.74, 6) is -1.77. The summed E-state index contributed by atoms with van der Waals surface area (Å²) in [6.45, 7) is 0.911. The SMILES string of the molecule is CNC(=O)Nc1ccc(N2CCC(Nc3cccc(-c4sc(C(=O)O)c(OCC(=O)O)c4Cl)c3)CC2)nc1. The van der Waals surface area contributed by atoms with Crippen LogP contribution in [0, 0.1) is 0 Å². The minimum absolute atomic E-state index is 0.0724. The lowest BCUT2D eigenvalue weighted by Gasteiger charge is -2.33. The molecular formula is C25H26ClN5O6S. The molecule has 0 aliphatic carbocycles. The third-order valence-corrected chi connectivity index (χ3v) is 7.57. The first-order chi connectivity index (χ1) is 18.2. The summed E-state index contributed by atoms with van der Waals surface area (Å²) in [6, 6.07) is 11.1. The van der Waals surface area contributed by atoms with Gasteiger partial charge in [0, 0.05) is 31.9 Å². The molecule has 0 bridgehead atoms. The summed E-state index contributed by atoms with van der Waals surface area (Å²) in [7, 11) is 1.55. The molecule has 1 fully saturated rings. The third-order valence-electron chi connectivity index (χ3n) is 5.89. The van der Waals surface area contributed by atoms with Crippen molar-refractivity contribution in [3.8, 4) is 16.2 Å². The van der Waals surface area contributed by atoms with Crippen molar-refractivity contribution in [2.24, 2.45) is 0 Å². The summed E-state index contributed by atoms with van der Waals surface area (Å²) in [5, 5.41) is 27.2. The molecule has 11 nitrogen and oxygen atoms in total. The highest BCUT2D eigenvalue weighted by Crippen LogP contribution is 2.46. The van der Waals surface area contributed by atoms with Crippen LogP contribution in [0.5, 0.6) is 5.75 Å². The number of amides is 2. The standard InChI is InChI=1S/C25H26ClN5O6S/c1-27-25(36)30-17-5-6-18(28-12-17)31-9-7-15(8-10-31)29-16-4-2-3-14(11-16)22-20(26)21(37-13-19(32)33)23(38-22)24(34)35/h2-6,11-12,15,29H,7-10,13H2,1H3,(H,32,33)(H,34,35)(H2,27,30,36). The molecule has 3 aromatic rings. The zero-order valence-electron chi connectivity index (χ0n) is 20.4. The van der Waals surface area contributed by atoms with Crippen LogP contribution in [-0.2, 0) is 4.79 Å². The fourth-order valence-electron chi connectivity index (χ4n) is 4.06. The van der Waals surface area contributed by atoms with Crippen LogP contribution in [0.3, 0.4) is 0 Å². The van der Waals surface area contributed by atoms with Crippen LogP contribution in [0.2, 0.25) is 5.02 Å². The number of carbonyl (C=O) groups excluding carboxylic acids is 1. The van der Waals surface area contributed by atoms with Gasteiger partial charge in [0.15, 0.2) is 17.2 Å². The molecule has 1 aromatic carbocycles. The van der Waals surface area contributed by atoms with Crippen molar-refractivity contribution in [3.63, 3.8) is 0 Å². The van der Waals surface area contributed by atoms with Crippen molar-refractivity contribution in [2.75, 3.05) is 42.3 Å². The Hall–Kier alpha value is -4.03. The number of aromatic nitrogens is 1. The van der Waals surface area contributed by atoms with Crippen LogP contribution in [0.15, 0.2) is 42.6 Å². The Labute approximate surface area is 227 Å². The largest absolute Gasteiger partial charge is 0.479 e. The number of hydrogen-bond donors (Lipinski definition) is 5. The maximum absolute atomic E-state index is 11.7. The summed E-state index contributed by atoms with van der Waals surface area (Å²) >= 11 is 7.37. The van der Waals surface area contributed by atoms with Gasteiger partial charge in [0.05, 0.1) is 16.8 Å². The second kappa shape index (κ2) is 12.0. The Morgan fingerprint density at radius 3 is 2.55 bits per heavy atom. The minimum Gasteiger partial charge on any atom is -0.479 e. The highest BCUT2D eigenvalue weighted by atomic mass is 35.5. The Kier molecular flexibility index (Phi) is 8.54. The maximum Gasteiger partial charge on any atom is 0.349 e. The van der Waals surface area contributed by atoms with E-state index >= 15 is 0 Å². The number of pyridine rings is 1. The summed E-state index contributed by atoms with van der Waals surface area (Å²) in [6.07, 6.45) is 3.38. The number of ether oxygens (including phenoxy) is 1. The highest BCUT2D eigenvalue weighted by Gasteiger charge is 2.25. The number of urea groups is 1. The predicted molar refractivity (Wildman–Crippen MR) is 146 cm³/mol. The van der Waals surface area contributed by atoms with E-state index in [0.717, 1.165) is 48.8 Å². The number of nitrogens with zero attached hydrogens (tertiary/aromatic N) is 2. The van der Waals surface area contributed by atoms with Gasteiger partial charge in [-0.25, -0.2) is 19.4 Å². The van der Waals surface area contributed by atoms with E-state index in [0.29, 0.717) is 16.1 Å². The molecular weight excluding hydrogens is 534 g/mol. The van der Waals surface area contributed by atoms with E-state index in [4.69, 9.17) is 21.4 Å². The van der Waals surface area contributed by atoms with Crippen molar-refractivity contribution in [2.45, 2.75) is 18.9 Å². The zero-order valence-corrected chi connectivity index (χ0v) is 21.9. The monoisotopic (exact) mass is 559 g/mol. The predicted octanol–water partition coefficient (Wildman–Crippen LogP) is 4.46. The van der Waals surface area contributed by atoms with E-state index < -0.39 is 18.5 Å². The van der Waals surface area contributed by atoms with E-state index in [2.05, 4.69) is 25.8 Å². The minimum atomic E-state index is -1.24. The number of carboxylic acid groups (broad SMARTS) is 2. The highest BCUT2D eigenvalue weighted by molar-refractivity contribution is 7.18. The van der Waals surface area contributed by atoms with Crippen molar-refractivity contribution in [1.29, 1.82) is 0 Å². The topological polar surface area (TPSA) is 153 Å². The van der Waals surface area contributed by atoms with Crippen LogP contribution in [0.1, 0.15) is 22.5 Å². The van der Waals surface area contributed by atoms with Crippen LogP contribution in [0.4, 0.5) is 22.0 Å². The molecule has 3 heterocycles. The molecule has 0 spiro atoms. The Morgan fingerprint density at radius 1 is 1.16 bits per heavy atom. The number of carboxylic acids is 2. The van der Waals surface area contributed by atoms with Gasteiger partial charge >= 0.3 is 18.0 Å². The van der Waals surface area contributed by atoms with Gasteiger partial charge in [-0.3, -0.25) is 0 Å². The number of rotatable bonds is 9. The molecule has 13 heteroatoms. The number of halogens is 1. The van der Waals surface area contributed by atoms with Gasteiger partial charge in [-0.2, -0.15) is 0 Å². The van der Waals surface area contributed by atoms with Crippen molar-refractivity contribution in [3.05, 3.63) is 52.5 Å². The van der Waals surface area contributed by atoms with Crippen LogP contribution >= 0.6 is 22.9 Å². The first kappa shape index (κ1) is 27.0. The molecule has 0 radical (unpaired) electrons. The molecule has 38 heavy (non-hydrogen) atoms. The van der Waals surface area contributed by atoms with Crippen molar-refractivity contribution >= 4 is 58.1 Å². The number of anilines is 3. The number of carbonyl (C=O) groups is 3. The number of thiophene rings is 1. The van der Waals surface area contributed by atoms with Crippen LogP contribution in [-0.4, -0.2) is 66.0 Å². The van der Waals surface area contributed by atoms with Gasteiger partial charge < -0.3 is 35.8 Å². The smallest absolute Gasteiger partial charge is 0.349 e. The molecule has 0 saturated carbocycles. The number of hydrogen-bond acceptors (Lipinski definition) is 8. The van der Waals surface area contributed by atoms with E-state index in [-0.39, 0.29) is 27.7 Å². The van der Waals surface area contributed by atoms with Crippen molar-refractivity contribution < 1.29 is 29.3 Å².